The van der Waals surface area contributed by atoms with Gasteiger partial charge in [0.1, 0.15) is 6.26 Å². The molecule has 1 heterocycles. The summed E-state index contributed by atoms with van der Waals surface area (Å²) in [4.78, 5) is 14.7. The number of halogens is 1. The third-order valence-corrected chi connectivity index (χ3v) is 2.91. The first-order valence-electron chi connectivity index (χ1n) is 6.39. The van der Waals surface area contributed by atoms with Crippen LogP contribution in [0.1, 0.15) is 26.5 Å². The maximum Gasteiger partial charge on any atom is 0.271 e. The molecule has 2 rings (SSSR count). The Labute approximate surface area is 127 Å². The Morgan fingerprint density at radius 1 is 1.38 bits per heavy atom. The van der Waals surface area contributed by atoms with E-state index in [9.17, 15) is 10.1 Å². The molecule has 0 aliphatic rings. The molecule has 0 saturated carbocycles. The lowest BCUT2D eigenvalue weighted by molar-refractivity contribution is -0.384. The fourth-order valence-corrected chi connectivity index (χ4v) is 1.91. The summed E-state index contributed by atoms with van der Waals surface area (Å²) < 4.78 is 5.37. The zero-order chi connectivity index (χ0) is 15.6. The average Bonchev–Trinajstić information content (AvgIpc) is 2.83. The molecule has 7 heteroatoms. The lowest BCUT2D eigenvalue weighted by Crippen LogP contribution is -2.35. The van der Waals surface area contributed by atoms with Gasteiger partial charge in [0.2, 0.25) is 5.89 Å². The van der Waals surface area contributed by atoms with E-state index in [1.807, 2.05) is 20.8 Å². The van der Waals surface area contributed by atoms with Crippen molar-refractivity contribution in [3.8, 4) is 11.5 Å². The van der Waals surface area contributed by atoms with E-state index in [0.717, 1.165) is 5.69 Å². The summed E-state index contributed by atoms with van der Waals surface area (Å²) in [5.41, 5.74) is 1.08. The third kappa shape index (κ3) is 4.27. The van der Waals surface area contributed by atoms with Crippen molar-refractivity contribution in [2.75, 3.05) is 0 Å². The molecule has 0 aliphatic carbocycles. The highest BCUT2D eigenvalue weighted by Crippen LogP contribution is 2.28. The van der Waals surface area contributed by atoms with Crippen molar-refractivity contribution in [3.63, 3.8) is 0 Å². The highest BCUT2D eigenvalue weighted by atomic mass is 35.5. The summed E-state index contributed by atoms with van der Waals surface area (Å²) in [6, 6.07) is 4.26. The first-order valence-corrected chi connectivity index (χ1v) is 6.77. The standard InChI is InChI=1S/C14H16ClN3O3/c1-14(2,3)16-7-11-8-21-13(17-11)9-4-10(15)6-12(5-9)18(19)20/h4-6,8,16H,7H2,1-3H3. The normalized spacial score (nSPS) is 11.6. The van der Waals surface area contributed by atoms with Crippen molar-refractivity contribution < 1.29 is 9.34 Å². The first-order chi connectivity index (χ1) is 9.74. The molecule has 112 valence electrons. The molecule has 0 aliphatic heterocycles. The molecular weight excluding hydrogens is 294 g/mol. The van der Waals surface area contributed by atoms with Gasteiger partial charge in [0.15, 0.2) is 0 Å². The molecule has 0 fully saturated rings. The Bertz CT molecular complexity index is 662. The highest BCUT2D eigenvalue weighted by Gasteiger charge is 2.15. The minimum absolute atomic E-state index is 0.0338. The molecule has 0 spiro atoms. The summed E-state index contributed by atoms with van der Waals surface area (Å²) in [5.74, 6) is 0.311. The van der Waals surface area contributed by atoms with Crippen molar-refractivity contribution >= 4 is 17.3 Å². The number of nitrogens with one attached hydrogen (secondary N) is 1. The number of aromatic nitrogens is 1. The molecule has 0 bridgehead atoms. The molecule has 1 aromatic carbocycles. The van der Waals surface area contributed by atoms with Crippen LogP contribution in [0.2, 0.25) is 5.02 Å². The Hall–Kier alpha value is -1.92. The van der Waals surface area contributed by atoms with Crippen LogP contribution >= 0.6 is 11.6 Å². The van der Waals surface area contributed by atoms with Crippen molar-refractivity contribution in [1.29, 1.82) is 0 Å². The van der Waals surface area contributed by atoms with Gasteiger partial charge >= 0.3 is 0 Å². The smallest absolute Gasteiger partial charge is 0.271 e. The average molecular weight is 310 g/mol. The van der Waals surface area contributed by atoms with Crippen molar-refractivity contribution in [3.05, 3.63) is 45.3 Å². The second-order valence-electron chi connectivity index (χ2n) is 5.70. The van der Waals surface area contributed by atoms with E-state index in [2.05, 4.69) is 10.3 Å². The molecule has 1 aromatic heterocycles. The van der Waals surface area contributed by atoms with E-state index in [1.54, 1.807) is 6.07 Å². The van der Waals surface area contributed by atoms with Crippen molar-refractivity contribution in [2.45, 2.75) is 32.9 Å². The van der Waals surface area contributed by atoms with Gasteiger partial charge in [-0.3, -0.25) is 10.1 Å². The Balaban J connectivity index is 2.23. The summed E-state index contributed by atoms with van der Waals surface area (Å²) in [6.07, 6.45) is 1.53. The second kappa shape index (κ2) is 5.83. The Kier molecular flexibility index (Phi) is 4.29. The van der Waals surface area contributed by atoms with Crippen LogP contribution in [0.5, 0.6) is 0 Å². The van der Waals surface area contributed by atoms with E-state index in [-0.39, 0.29) is 16.2 Å². The molecule has 21 heavy (non-hydrogen) atoms. The molecule has 0 amide bonds. The second-order valence-corrected chi connectivity index (χ2v) is 6.14. The van der Waals surface area contributed by atoms with Crippen LogP contribution in [-0.2, 0) is 6.54 Å². The summed E-state index contributed by atoms with van der Waals surface area (Å²) >= 11 is 5.89. The number of benzene rings is 1. The number of nitro groups is 1. The fourth-order valence-electron chi connectivity index (χ4n) is 1.68. The van der Waals surface area contributed by atoms with Crippen LogP contribution in [0.3, 0.4) is 0 Å². The van der Waals surface area contributed by atoms with Gasteiger partial charge in [0, 0.05) is 34.8 Å². The lowest BCUT2D eigenvalue weighted by Gasteiger charge is -2.19. The van der Waals surface area contributed by atoms with Crippen LogP contribution in [-0.4, -0.2) is 15.4 Å². The number of oxazole rings is 1. The van der Waals surface area contributed by atoms with Gasteiger partial charge < -0.3 is 9.73 Å². The summed E-state index contributed by atoms with van der Waals surface area (Å²) in [7, 11) is 0. The SMILES string of the molecule is CC(C)(C)NCc1coc(-c2cc(Cl)cc([N+](=O)[O-])c2)n1. The van der Waals surface area contributed by atoms with E-state index >= 15 is 0 Å². The van der Waals surface area contributed by atoms with Crippen LogP contribution in [0, 0.1) is 10.1 Å². The van der Waals surface area contributed by atoms with Gasteiger partial charge in [-0.15, -0.1) is 0 Å². The zero-order valence-electron chi connectivity index (χ0n) is 12.0. The first kappa shape index (κ1) is 15.5. The number of non-ortho nitro benzene ring substituents is 1. The number of rotatable bonds is 4. The predicted octanol–water partition coefficient (Wildman–Crippen LogP) is 3.79. The summed E-state index contributed by atoms with van der Waals surface area (Å²) in [6.45, 7) is 6.70. The van der Waals surface area contributed by atoms with Crippen molar-refractivity contribution in [2.24, 2.45) is 0 Å². The Morgan fingerprint density at radius 3 is 2.71 bits per heavy atom. The van der Waals surface area contributed by atoms with E-state index < -0.39 is 4.92 Å². The highest BCUT2D eigenvalue weighted by molar-refractivity contribution is 6.31. The molecule has 0 radical (unpaired) electrons. The lowest BCUT2D eigenvalue weighted by atomic mass is 10.1. The van der Waals surface area contributed by atoms with Gasteiger partial charge in [-0.25, -0.2) is 4.98 Å². The number of hydrogen-bond acceptors (Lipinski definition) is 5. The van der Waals surface area contributed by atoms with Crippen LogP contribution in [0.15, 0.2) is 28.9 Å². The molecular formula is C14H16ClN3O3. The van der Waals surface area contributed by atoms with E-state index in [0.29, 0.717) is 18.0 Å². The zero-order valence-corrected chi connectivity index (χ0v) is 12.8. The maximum absolute atomic E-state index is 10.8. The molecule has 0 saturated heterocycles. The third-order valence-electron chi connectivity index (χ3n) is 2.69. The van der Waals surface area contributed by atoms with Gasteiger partial charge in [0.25, 0.3) is 5.69 Å². The number of nitrogens with zero attached hydrogens (tertiary/aromatic N) is 2. The molecule has 2 aromatic rings. The van der Waals surface area contributed by atoms with Gasteiger partial charge in [0.05, 0.1) is 10.6 Å². The Morgan fingerprint density at radius 2 is 2.10 bits per heavy atom. The van der Waals surface area contributed by atoms with Crippen LogP contribution < -0.4 is 5.32 Å². The number of nitro benzene ring substituents is 1. The van der Waals surface area contributed by atoms with Gasteiger partial charge in [-0.05, 0) is 26.8 Å². The van der Waals surface area contributed by atoms with Gasteiger partial charge in [-0.1, -0.05) is 11.6 Å². The minimum Gasteiger partial charge on any atom is -0.444 e. The number of hydrogen-bond donors (Lipinski definition) is 1. The maximum atomic E-state index is 10.8. The predicted molar refractivity (Wildman–Crippen MR) is 80.2 cm³/mol. The quantitative estimate of drug-likeness (QED) is 0.686. The molecule has 0 atom stereocenters. The molecule has 0 unspecified atom stereocenters. The monoisotopic (exact) mass is 309 g/mol. The fraction of sp³-hybridized carbons (Fsp3) is 0.357. The van der Waals surface area contributed by atoms with E-state index in [1.165, 1.54) is 18.4 Å². The molecule has 6 nitrogen and oxygen atoms in total. The minimum atomic E-state index is -0.500. The van der Waals surface area contributed by atoms with Crippen LogP contribution in [0.25, 0.3) is 11.5 Å². The summed E-state index contributed by atoms with van der Waals surface area (Å²) in [5, 5.41) is 14.4. The largest absolute Gasteiger partial charge is 0.444 e. The van der Waals surface area contributed by atoms with Crippen LogP contribution in [0.4, 0.5) is 5.69 Å². The van der Waals surface area contributed by atoms with Crippen molar-refractivity contribution in [1.82, 2.24) is 10.3 Å². The topological polar surface area (TPSA) is 81.2 Å². The molecule has 1 N–H and O–H groups in total. The van der Waals surface area contributed by atoms with Gasteiger partial charge in [-0.2, -0.15) is 0 Å². The van der Waals surface area contributed by atoms with E-state index in [4.69, 9.17) is 16.0 Å².